The third-order valence-corrected chi connectivity index (χ3v) is 3.55. The van der Waals surface area contributed by atoms with Crippen molar-refractivity contribution in [3.05, 3.63) is 52.5 Å². The number of hydrogen-bond acceptors (Lipinski definition) is 5. The first-order valence-electron chi connectivity index (χ1n) is 7.09. The molecular formula is C17H15ClO5. The van der Waals surface area contributed by atoms with Gasteiger partial charge in [0.05, 0.1) is 10.6 Å². The first-order valence-corrected chi connectivity index (χ1v) is 7.47. The van der Waals surface area contributed by atoms with E-state index in [-0.39, 0.29) is 20.0 Å². The van der Waals surface area contributed by atoms with Gasteiger partial charge in [-0.2, -0.15) is 0 Å². The molecule has 0 N–H and O–H groups in total. The van der Waals surface area contributed by atoms with Crippen LogP contribution in [0, 0.1) is 6.92 Å². The van der Waals surface area contributed by atoms with Crippen LogP contribution in [-0.2, 0) is 4.74 Å². The zero-order valence-electron chi connectivity index (χ0n) is 12.5. The summed E-state index contributed by atoms with van der Waals surface area (Å²) in [6.07, 6.45) is 0. The molecule has 0 aromatic heterocycles. The van der Waals surface area contributed by atoms with Gasteiger partial charge in [-0.1, -0.05) is 29.3 Å². The van der Waals surface area contributed by atoms with E-state index < -0.39 is 5.97 Å². The van der Waals surface area contributed by atoms with Gasteiger partial charge in [0.2, 0.25) is 6.79 Å². The van der Waals surface area contributed by atoms with E-state index in [4.69, 9.17) is 30.5 Å². The first-order chi connectivity index (χ1) is 11.1. The van der Waals surface area contributed by atoms with Crippen LogP contribution in [0.3, 0.4) is 0 Å². The highest BCUT2D eigenvalue weighted by Crippen LogP contribution is 2.39. The quantitative estimate of drug-likeness (QED) is 0.617. The second-order valence-electron chi connectivity index (χ2n) is 4.99. The Morgan fingerprint density at radius 3 is 2.74 bits per heavy atom. The van der Waals surface area contributed by atoms with Gasteiger partial charge in [-0.25, -0.2) is 4.79 Å². The van der Waals surface area contributed by atoms with Gasteiger partial charge < -0.3 is 18.9 Å². The molecule has 5 nitrogen and oxygen atoms in total. The van der Waals surface area contributed by atoms with Crippen molar-refractivity contribution in [1.29, 1.82) is 0 Å². The van der Waals surface area contributed by atoms with Crippen molar-refractivity contribution in [3.8, 4) is 17.2 Å². The number of fused-ring (bicyclic) bond motifs is 1. The fraction of sp³-hybridized carbons (Fsp3) is 0.235. The number of rotatable bonds is 5. The topological polar surface area (TPSA) is 54.0 Å². The molecule has 0 bridgehead atoms. The summed E-state index contributed by atoms with van der Waals surface area (Å²) in [5.74, 6) is 1.14. The lowest BCUT2D eigenvalue weighted by Gasteiger charge is -2.08. The summed E-state index contributed by atoms with van der Waals surface area (Å²) < 4.78 is 21.1. The van der Waals surface area contributed by atoms with Gasteiger partial charge in [0, 0.05) is 0 Å². The van der Waals surface area contributed by atoms with Gasteiger partial charge in [-0.3, -0.25) is 0 Å². The van der Waals surface area contributed by atoms with Gasteiger partial charge in [0.25, 0.3) is 0 Å². The smallest absolute Gasteiger partial charge is 0.338 e. The molecule has 1 aliphatic rings. The maximum absolute atomic E-state index is 12.0. The van der Waals surface area contributed by atoms with E-state index in [1.807, 2.05) is 31.2 Å². The molecule has 0 fully saturated rings. The second-order valence-corrected chi connectivity index (χ2v) is 5.40. The first kappa shape index (κ1) is 15.5. The average Bonchev–Trinajstić information content (AvgIpc) is 3.02. The molecule has 23 heavy (non-hydrogen) atoms. The third kappa shape index (κ3) is 3.68. The molecule has 0 atom stereocenters. The summed E-state index contributed by atoms with van der Waals surface area (Å²) in [5.41, 5.74) is 1.47. The Labute approximate surface area is 138 Å². The molecule has 0 amide bonds. The van der Waals surface area contributed by atoms with Crippen LogP contribution in [0.25, 0.3) is 0 Å². The van der Waals surface area contributed by atoms with Crippen LogP contribution in [0.15, 0.2) is 36.4 Å². The van der Waals surface area contributed by atoms with Gasteiger partial charge in [-0.15, -0.1) is 0 Å². The zero-order chi connectivity index (χ0) is 16.2. The summed E-state index contributed by atoms with van der Waals surface area (Å²) >= 11 is 6.04. The number of aryl methyl sites for hydroxylation is 1. The lowest BCUT2D eigenvalue weighted by atomic mass is 10.2. The summed E-state index contributed by atoms with van der Waals surface area (Å²) in [5, 5.41) is 0.322. The van der Waals surface area contributed by atoms with Crippen molar-refractivity contribution >= 4 is 17.6 Å². The highest BCUT2D eigenvalue weighted by molar-refractivity contribution is 6.32. The molecule has 2 aromatic rings. The van der Waals surface area contributed by atoms with Crippen molar-refractivity contribution in [2.24, 2.45) is 0 Å². The molecule has 1 heterocycles. The van der Waals surface area contributed by atoms with E-state index in [0.717, 1.165) is 11.3 Å². The lowest BCUT2D eigenvalue weighted by Crippen LogP contribution is -2.12. The van der Waals surface area contributed by atoms with E-state index in [1.165, 1.54) is 6.07 Å². The Hall–Kier alpha value is -2.40. The fourth-order valence-electron chi connectivity index (χ4n) is 2.10. The van der Waals surface area contributed by atoms with Crippen molar-refractivity contribution in [2.75, 3.05) is 20.0 Å². The maximum Gasteiger partial charge on any atom is 0.338 e. The SMILES string of the molecule is Cc1ccc(OCCOC(=O)c2cc(Cl)c3c(c2)OCO3)cc1. The van der Waals surface area contributed by atoms with Crippen LogP contribution in [0.2, 0.25) is 5.02 Å². The van der Waals surface area contributed by atoms with Gasteiger partial charge in [-0.05, 0) is 31.2 Å². The van der Waals surface area contributed by atoms with Crippen molar-refractivity contribution in [3.63, 3.8) is 0 Å². The molecule has 0 unspecified atom stereocenters. The fourth-order valence-corrected chi connectivity index (χ4v) is 2.36. The van der Waals surface area contributed by atoms with E-state index >= 15 is 0 Å². The Kier molecular flexibility index (Phi) is 4.57. The predicted octanol–water partition coefficient (Wildman–Crippen LogP) is 3.61. The minimum Gasteiger partial charge on any atom is -0.490 e. The van der Waals surface area contributed by atoms with Crippen LogP contribution in [0.4, 0.5) is 0 Å². The third-order valence-electron chi connectivity index (χ3n) is 3.27. The molecular weight excluding hydrogens is 320 g/mol. The van der Waals surface area contributed by atoms with Gasteiger partial charge in [0.15, 0.2) is 11.5 Å². The van der Waals surface area contributed by atoms with Gasteiger partial charge in [0.1, 0.15) is 19.0 Å². The lowest BCUT2D eigenvalue weighted by molar-refractivity contribution is 0.0450. The minimum absolute atomic E-state index is 0.0952. The summed E-state index contributed by atoms with van der Waals surface area (Å²) in [7, 11) is 0. The summed E-state index contributed by atoms with van der Waals surface area (Å²) in [6, 6.07) is 10.7. The number of hydrogen-bond donors (Lipinski definition) is 0. The van der Waals surface area contributed by atoms with Crippen molar-refractivity contribution < 1.29 is 23.7 Å². The molecule has 0 radical (unpaired) electrons. The Morgan fingerprint density at radius 1 is 1.17 bits per heavy atom. The zero-order valence-corrected chi connectivity index (χ0v) is 13.3. The van der Waals surface area contributed by atoms with E-state index in [0.29, 0.717) is 22.1 Å². The number of carbonyl (C=O) groups is 1. The number of halogens is 1. The summed E-state index contributed by atoms with van der Waals surface area (Å²) in [6.45, 7) is 2.51. The van der Waals surface area contributed by atoms with Crippen LogP contribution < -0.4 is 14.2 Å². The predicted molar refractivity (Wildman–Crippen MR) is 84.5 cm³/mol. The maximum atomic E-state index is 12.0. The van der Waals surface area contributed by atoms with Crippen molar-refractivity contribution in [2.45, 2.75) is 6.92 Å². The molecule has 3 rings (SSSR count). The highest BCUT2D eigenvalue weighted by Gasteiger charge is 2.21. The van der Waals surface area contributed by atoms with Crippen molar-refractivity contribution in [1.82, 2.24) is 0 Å². The molecule has 0 aliphatic carbocycles. The van der Waals surface area contributed by atoms with E-state index in [1.54, 1.807) is 6.07 Å². The molecule has 0 saturated heterocycles. The summed E-state index contributed by atoms with van der Waals surface area (Å²) in [4.78, 5) is 12.0. The highest BCUT2D eigenvalue weighted by atomic mass is 35.5. The number of ether oxygens (including phenoxy) is 4. The van der Waals surface area contributed by atoms with E-state index in [2.05, 4.69) is 0 Å². The van der Waals surface area contributed by atoms with Gasteiger partial charge >= 0.3 is 5.97 Å². The number of carbonyl (C=O) groups excluding carboxylic acids is 1. The Morgan fingerprint density at radius 2 is 1.96 bits per heavy atom. The van der Waals surface area contributed by atoms with Crippen LogP contribution in [-0.4, -0.2) is 26.0 Å². The molecule has 0 spiro atoms. The number of esters is 1. The Balaban J connectivity index is 1.52. The number of benzene rings is 2. The standard InChI is InChI=1S/C17H15ClO5/c1-11-2-4-13(5-3-11)20-6-7-21-17(19)12-8-14(18)16-15(9-12)22-10-23-16/h2-5,8-9H,6-7,10H2,1H3. The minimum atomic E-state index is -0.488. The van der Waals surface area contributed by atoms with Crippen LogP contribution >= 0.6 is 11.6 Å². The van der Waals surface area contributed by atoms with Crippen LogP contribution in [0.5, 0.6) is 17.2 Å². The average molecular weight is 335 g/mol. The Bertz CT molecular complexity index is 712. The molecule has 2 aromatic carbocycles. The molecule has 1 aliphatic heterocycles. The second kappa shape index (κ2) is 6.79. The molecule has 6 heteroatoms. The molecule has 0 saturated carbocycles. The normalized spacial score (nSPS) is 12.1. The monoisotopic (exact) mass is 334 g/mol. The molecule has 120 valence electrons. The van der Waals surface area contributed by atoms with E-state index in [9.17, 15) is 4.79 Å². The van der Waals surface area contributed by atoms with Crippen LogP contribution in [0.1, 0.15) is 15.9 Å². The largest absolute Gasteiger partial charge is 0.490 e.